The van der Waals surface area contributed by atoms with Gasteiger partial charge in [-0.2, -0.15) is 5.10 Å². The van der Waals surface area contributed by atoms with E-state index in [2.05, 4.69) is 15.7 Å². The summed E-state index contributed by atoms with van der Waals surface area (Å²) in [7, 11) is 3.18. The standard InChI is InChI=1S/C16H22N4O3/c1-5-20-10-12(9-17-20)19-16(21)18-11(2)14-7-6-13(22-3)8-15(14)23-4/h6-11H,5H2,1-4H3,(H2,18,19,21)/t11-/m0/s1. The highest BCUT2D eigenvalue weighted by Gasteiger charge is 2.15. The number of aromatic nitrogens is 2. The summed E-state index contributed by atoms with van der Waals surface area (Å²) in [6.45, 7) is 4.62. The normalized spacial score (nSPS) is 11.7. The minimum Gasteiger partial charge on any atom is -0.497 e. The maximum Gasteiger partial charge on any atom is 0.319 e. The van der Waals surface area contributed by atoms with Crippen LogP contribution in [-0.2, 0) is 6.54 Å². The minimum atomic E-state index is -0.300. The first kappa shape index (κ1) is 16.7. The van der Waals surface area contributed by atoms with Crippen LogP contribution < -0.4 is 20.1 Å². The molecule has 1 aromatic heterocycles. The van der Waals surface area contributed by atoms with Gasteiger partial charge >= 0.3 is 6.03 Å². The molecule has 0 radical (unpaired) electrons. The van der Waals surface area contributed by atoms with E-state index in [0.717, 1.165) is 12.1 Å². The fourth-order valence-electron chi connectivity index (χ4n) is 2.22. The highest BCUT2D eigenvalue weighted by molar-refractivity contribution is 5.89. The van der Waals surface area contributed by atoms with Crippen LogP contribution in [0.2, 0.25) is 0 Å². The van der Waals surface area contributed by atoms with E-state index in [4.69, 9.17) is 9.47 Å². The number of methoxy groups -OCH3 is 2. The van der Waals surface area contributed by atoms with Crippen molar-refractivity contribution in [2.75, 3.05) is 19.5 Å². The highest BCUT2D eigenvalue weighted by Crippen LogP contribution is 2.29. The fourth-order valence-corrected chi connectivity index (χ4v) is 2.22. The Hall–Kier alpha value is -2.70. The van der Waals surface area contributed by atoms with Gasteiger partial charge in [0, 0.05) is 24.4 Å². The largest absolute Gasteiger partial charge is 0.497 e. The molecule has 0 aliphatic rings. The number of hydrogen-bond donors (Lipinski definition) is 2. The van der Waals surface area contributed by atoms with E-state index in [9.17, 15) is 4.79 Å². The molecule has 2 N–H and O–H groups in total. The van der Waals surface area contributed by atoms with Crippen molar-refractivity contribution >= 4 is 11.7 Å². The van der Waals surface area contributed by atoms with Crippen molar-refractivity contribution in [2.24, 2.45) is 0 Å². The van der Waals surface area contributed by atoms with E-state index in [1.54, 1.807) is 37.4 Å². The summed E-state index contributed by atoms with van der Waals surface area (Å²) >= 11 is 0. The predicted octanol–water partition coefficient (Wildman–Crippen LogP) is 2.80. The molecule has 0 spiro atoms. The van der Waals surface area contributed by atoms with E-state index in [-0.39, 0.29) is 12.1 Å². The highest BCUT2D eigenvalue weighted by atomic mass is 16.5. The second-order valence-corrected chi connectivity index (χ2v) is 5.01. The molecule has 7 heteroatoms. The maximum atomic E-state index is 12.1. The Labute approximate surface area is 135 Å². The first-order valence-electron chi connectivity index (χ1n) is 7.39. The number of benzene rings is 1. The number of hydrogen-bond acceptors (Lipinski definition) is 4. The number of aryl methyl sites for hydroxylation is 1. The zero-order valence-corrected chi connectivity index (χ0v) is 13.8. The quantitative estimate of drug-likeness (QED) is 0.858. The van der Waals surface area contributed by atoms with Crippen LogP contribution in [0.25, 0.3) is 0 Å². The van der Waals surface area contributed by atoms with Gasteiger partial charge in [0.2, 0.25) is 0 Å². The molecule has 0 aliphatic heterocycles. The lowest BCUT2D eigenvalue weighted by atomic mass is 10.1. The van der Waals surface area contributed by atoms with Crippen LogP contribution in [0.15, 0.2) is 30.6 Å². The molecule has 1 heterocycles. The van der Waals surface area contributed by atoms with Crippen LogP contribution in [-0.4, -0.2) is 30.0 Å². The minimum absolute atomic E-state index is 0.225. The SMILES string of the molecule is CCn1cc(NC(=O)N[C@@H](C)c2ccc(OC)cc2OC)cn1. The summed E-state index contributed by atoms with van der Waals surface area (Å²) in [6, 6.07) is 4.97. The molecular weight excluding hydrogens is 296 g/mol. The Morgan fingerprint density at radius 2 is 2.13 bits per heavy atom. The average Bonchev–Trinajstić information content (AvgIpc) is 3.01. The molecule has 2 rings (SSSR count). The smallest absolute Gasteiger partial charge is 0.319 e. The van der Waals surface area contributed by atoms with Crippen molar-refractivity contribution in [3.05, 3.63) is 36.2 Å². The van der Waals surface area contributed by atoms with Gasteiger partial charge in [-0.15, -0.1) is 0 Å². The lowest BCUT2D eigenvalue weighted by Crippen LogP contribution is -2.31. The van der Waals surface area contributed by atoms with Gasteiger partial charge in [-0.05, 0) is 26.0 Å². The summed E-state index contributed by atoms with van der Waals surface area (Å²) in [5.41, 5.74) is 1.52. The predicted molar refractivity (Wildman–Crippen MR) is 88.0 cm³/mol. The van der Waals surface area contributed by atoms with Crippen LogP contribution in [0.5, 0.6) is 11.5 Å². The number of ether oxygens (including phenoxy) is 2. The second-order valence-electron chi connectivity index (χ2n) is 5.01. The summed E-state index contributed by atoms with van der Waals surface area (Å²) < 4.78 is 12.3. The third kappa shape index (κ3) is 4.15. The lowest BCUT2D eigenvalue weighted by Gasteiger charge is -2.18. The van der Waals surface area contributed by atoms with E-state index in [1.807, 2.05) is 26.0 Å². The van der Waals surface area contributed by atoms with E-state index >= 15 is 0 Å². The van der Waals surface area contributed by atoms with Gasteiger partial charge in [-0.25, -0.2) is 4.79 Å². The Kier molecular flexibility index (Phi) is 5.46. The van der Waals surface area contributed by atoms with Crippen molar-refractivity contribution in [3.8, 4) is 11.5 Å². The Balaban J connectivity index is 2.03. The van der Waals surface area contributed by atoms with Crippen LogP contribution >= 0.6 is 0 Å². The molecule has 0 saturated heterocycles. The van der Waals surface area contributed by atoms with Crippen LogP contribution in [0.4, 0.5) is 10.5 Å². The molecule has 1 aromatic carbocycles. The first-order valence-corrected chi connectivity index (χ1v) is 7.39. The van der Waals surface area contributed by atoms with Gasteiger partial charge in [0.25, 0.3) is 0 Å². The molecule has 0 aliphatic carbocycles. The van der Waals surface area contributed by atoms with E-state index in [1.165, 1.54) is 0 Å². The number of amides is 2. The molecule has 0 saturated carbocycles. The summed E-state index contributed by atoms with van der Waals surface area (Å²) in [5.74, 6) is 1.37. The number of rotatable bonds is 6. The van der Waals surface area contributed by atoms with Crippen molar-refractivity contribution in [2.45, 2.75) is 26.4 Å². The van der Waals surface area contributed by atoms with Gasteiger partial charge in [-0.3, -0.25) is 4.68 Å². The molecular formula is C16H22N4O3. The third-order valence-corrected chi connectivity index (χ3v) is 3.47. The van der Waals surface area contributed by atoms with Crippen molar-refractivity contribution in [1.82, 2.24) is 15.1 Å². The number of carbonyl (C=O) groups excluding carboxylic acids is 1. The number of nitrogens with zero attached hydrogens (tertiary/aromatic N) is 2. The number of urea groups is 1. The average molecular weight is 318 g/mol. The lowest BCUT2D eigenvalue weighted by molar-refractivity contribution is 0.249. The zero-order chi connectivity index (χ0) is 16.8. The topological polar surface area (TPSA) is 77.4 Å². The van der Waals surface area contributed by atoms with Gasteiger partial charge < -0.3 is 20.1 Å². The third-order valence-electron chi connectivity index (χ3n) is 3.47. The van der Waals surface area contributed by atoms with Gasteiger partial charge in [0.05, 0.1) is 32.1 Å². The van der Waals surface area contributed by atoms with E-state index in [0.29, 0.717) is 17.2 Å². The molecule has 2 aromatic rings. The summed E-state index contributed by atoms with van der Waals surface area (Å²) in [4.78, 5) is 12.1. The molecule has 2 amide bonds. The fraction of sp³-hybridized carbons (Fsp3) is 0.375. The molecule has 23 heavy (non-hydrogen) atoms. The summed E-state index contributed by atoms with van der Waals surface area (Å²) in [5, 5.41) is 9.75. The number of nitrogens with one attached hydrogen (secondary N) is 2. The Morgan fingerprint density at radius 1 is 1.35 bits per heavy atom. The van der Waals surface area contributed by atoms with Gasteiger partial charge in [-0.1, -0.05) is 0 Å². The molecule has 124 valence electrons. The maximum absolute atomic E-state index is 12.1. The molecule has 7 nitrogen and oxygen atoms in total. The number of carbonyl (C=O) groups is 1. The molecule has 0 bridgehead atoms. The van der Waals surface area contributed by atoms with Crippen molar-refractivity contribution in [3.63, 3.8) is 0 Å². The molecule has 1 atom stereocenters. The Bertz CT molecular complexity index is 669. The first-order chi connectivity index (χ1) is 11.1. The van der Waals surface area contributed by atoms with Gasteiger partial charge in [0.15, 0.2) is 0 Å². The van der Waals surface area contributed by atoms with Gasteiger partial charge in [0.1, 0.15) is 11.5 Å². The monoisotopic (exact) mass is 318 g/mol. The molecule has 0 fully saturated rings. The van der Waals surface area contributed by atoms with Crippen molar-refractivity contribution in [1.29, 1.82) is 0 Å². The molecule has 0 unspecified atom stereocenters. The number of anilines is 1. The second kappa shape index (κ2) is 7.53. The van der Waals surface area contributed by atoms with Crippen LogP contribution in [0.3, 0.4) is 0 Å². The van der Waals surface area contributed by atoms with Crippen LogP contribution in [0, 0.1) is 0 Å². The summed E-state index contributed by atoms with van der Waals surface area (Å²) in [6.07, 6.45) is 3.39. The Morgan fingerprint density at radius 3 is 2.74 bits per heavy atom. The van der Waals surface area contributed by atoms with Crippen LogP contribution in [0.1, 0.15) is 25.5 Å². The van der Waals surface area contributed by atoms with Crippen molar-refractivity contribution < 1.29 is 14.3 Å². The zero-order valence-electron chi connectivity index (χ0n) is 13.8. The van der Waals surface area contributed by atoms with E-state index < -0.39 is 0 Å².